The van der Waals surface area contributed by atoms with Gasteiger partial charge in [0.25, 0.3) is 0 Å². The number of nitrogens with zero attached hydrogens (tertiary/aromatic N) is 1. The predicted molar refractivity (Wildman–Crippen MR) is 101 cm³/mol. The molecule has 0 amide bonds. The molecule has 0 aliphatic rings. The van der Waals surface area contributed by atoms with E-state index in [9.17, 15) is 4.79 Å². The van der Waals surface area contributed by atoms with Crippen LogP contribution in [0.2, 0.25) is 0 Å². The molecular weight excluding hydrogens is 350 g/mol. The van der Waals surface area contributed by atoms with Gasteiger partial charge in [-0.25, -0.2) is 4.98 Å². The molecular formula is C20H19NO4S. The second-order valence-corrected chi connectivity index (χ2v) is 6.63. The summed E-state index contributed by atoms with van der Waals surface area (Å²) in [6, 6.07) is 17.5. The van der Waals surface area contributed by atoms with Gasteiger partial charge in [0.05, 0.1) is 18.1 Å². The van der Waals surface area contributed by atoms with Crippen LogP contribution in [0.25, 0.3) is 11.5 Å². The second-order valence-electron chi connectivity index (χ2n) is 5.64. The van der Waals surface area contributed by atoms with Gasteiger partial charge in [0, 0.05) is 17.7 Å². The zero-order valence-electron chi connectivity index (χ0n) is 14.1. The van der Waals surface area contributed by atoms with Crippen molar-refractivity contribution in [1.29, 1.82) is 0 Å². The van der Waals surface area contributed by atoms with Crippen LogP contribution in [0, 0.1) is 0 Å². The maximum absolute atomic E-state index is 10.6. The highest BCUT2D eigenvalue weighted by Crippen LogP contribution is 2.20. The van der Waals surface area contributed by atoms with Crippen LogP contribution in [-0.2, 0) is 17.0 Å². The average Bonchev–Trinajstić information content (AvgIpc) is 3.12. The number of oxazole rings is 1. The van der Waals surface area contributed by atoms with Crippen LogP contribution in [-0.4, -0.2) is 28.4 Å². The van der Waals surface area contributed by atoms with Crippen molar-refractivity contribution in [3.05, 3.63) is 72.1 Å². The van der Waals surface area contributed by atoms with Crippen molar-refractivity contribution in [2.75, 3.05) is 12.4 Å². The summed E-state index contributed by atoms with van der Waals surface area (Å²) in [5.74, 6) is 1.32. The highest BCUT2D eigenvalue weighted by atomic mass is 32.2. The Kier molecular flexibility index (Phi) is 6.33. The number of hydrogen-bond donors (Lipinski definition) is 1. The molecule has 3 aromatic rings. The maximum atomic E-state index is 10.6. The van der Waals surface area contributed by atoms with E-state index in [0.717, 1.165) is 22.6 Å². The molecule has 0 saturated heterocycles. The first-order valence-corrected chi connectivity index (χ1v) is 9.37. The van der Waals surface area contributed by atoms with E-state index in [4.69, 9.17) is 14.3 Å². The Morgan fingerprint density at radius 1 is 1.15 bits per heavy atom. The molecule has 6 heteroatoms. The summed E-state index contributed by atoms with van der Waals surface area (Å²) >= 11 is 1.37. The van der Waals surface area contributed by atoms with Gasteiger partial charge in [-0.3, -0.25) is 4.79 Å². The highest BCUT2D eigenvalue weighted by Gasteiger charge is 2.06. The molecule has 1 N–H and O–H groups in total. The third-order valence-corrected chi connectivity index (χ3v) is 4.58. The van der Waals surface area contributed by atoms with Gasteiger partial charge in [-0.1, -0.05) is 30.3 Å². The second kappa shape index (κ2) is 9.10. The Labute approximate surface area is 156 Å². The molecule has 0 bridgehead atoms. The molecule has 0 aliphatic heterocycles. The molecule has 2 aromatic carbocycles. The molecule has 3 rings (SSSR count). The van der Waals surface area contributed by atoms with E-state index in [1.54, 1.807) is 6.26 Å². The lowest BCUT2D eigenvalue weighted by atomic mass is 10.2. The van der Waals surface area contributed by atoms with E-state index in [1.807, 2.05) is 54.6 Å². The van der Waals surface area contributed by atoms with Gasteiger partial charge in [0.15, 0.2) is 0 Å². The number of ether oxygens (including phenoxy) is 1. The molecule has 0 aliphatic carbocycles. The van der Waals surface area contributed by atoms with Crippen molar-refractivity contribution >= 4 is 17.7 Å². The van der Waals surface area contributed by atoms with Gasteiger partial charge >= 0.3 is 5.97 Å². The zero-order valence-corrected chi connectivity index (χ0v) is 14.9. The lowest BCUT2D eigenvalue weighted by molar-refractivity contribution is -0.133. The first-order chi connectivity index (χ1) is 12.7. The topological polar surface area (TPSA) is 72.6 Å². The summed E-state index contributed by atoms with van der Waals surface area (Å²) in [5, 5.41) is 8.69. The Morgan fingerprint density at radius 3 is 2.81 bits per heavy atom. The van der Waals surface area contributed by atoms with Crippen molar-refractivity contribution in [3.8, 4) is 17.2 Å². The molecule has 1 heterocycles. The zero-order chi connectivity index (χ0) is 18.2. The molecule has 0 radical (unpaired) electrons. The van der Waals surface area contributed by atoms with E-state index in [2.05, 4.69) is 4.98 Å². The smallest absolute Gasteiger partial charge is 0.313 e. The van der Waals surface area contributed by atoms with Crippen LogP contribution in [0.4, 0.5) is 0 Å². The molecule has 1 aromatic heterocycles. The third-order valence-electron chi connectivity index (χ3n) is 3.59. The van der Waals surface area contributed by atoms with Crippen LogP contribution in [0.3, 0.4) is 0 Å². The molecule has 134 valence electrons. The molecule has 0 unspecified atom stereocenters. The molecule has 0 saturated carbocycles. The average molecular weight is 369 g/mol. The minimum atomic E-state index is -0.801. The largest absolute Gasteiger partial charge is 0.493 e. The summed E-state index contributed by atoms with van der Waals surface area (Å²) in [5.41, 5.74) is 2.84. The summed E-state index contributed by atoms with van der Waals surface area (Å²) in [7, 11) is 0. The van der Waals surface area contributed by atoms with Crippen LogP contribution in [0.1, 0.15) is 11.3 Å². The summed E-state index contributed by atoms with van der Waals surface area (Å²) in [6.07, 6.45) is 2.30. The van der Waals surface area contributed by atoms with Crippen LogP contribution >= 0.6 is 11.8 Å². The lowest BCUT2D eigenvalue weighted by Gasteiger charge is -2.07. The number of carboxylic acid groups (broad SMARTS) is 1. The Balaban J connectivity index is 1.49. The summed E-state index contributed by atoms with van der Waals surface area (Å²) < 4.78 is 11.3. The lowest BCUT2D eigenvalue weighted by Crippen LogP contribution is -2.02. The number of benzene rings is 2. The summed E-state index contributed by atoms with van der Waals surface area (Å²) in [6.45, 7) is 0.493. The van der Waals surface area contributed by atoms with Crippen molar-refractivity contribution in [1.82, 2.24) is 4.98 Å². The monoisotopic (exact) mass is 369 g/mol. The van der Waals surface area contributed by atoms with Crippen molar-refractivity contribution < 1.29 is 19.1 Å². The fraction of sp³-hybridized carbons (Fsp3) is 0.200. The van der Waals surface area contributed by atoms with Crippen LogP contribution < -0.4 is 4.74 Å². The normalized spacial score (nSPS) is 10.6. The SMILES string of the molecule is O=C(O)CSCc1cccc(OCCc2coc(-c3ccccc3)n2)c1. The van der Waals surface area contributed by atoms with E-state index < -0.39 is 5.97 Å². The fourth-order valence-corrected chi connectivity index (χ4v) is 3.08. The predicted octanol–water partition coefficient (Wildman–Crippen LogP) is 4.28. The number of rotatable bonds is 9. The van der Waals surface area contributed by atoms with Crippen molar-refractivity contribution in [2.24, 2.45) is 0 Å². The van der Waals surface area contributed by atoms with Gasteiger partial charge < -0.3 is 14.3 Å². The number of hydrogen-bond acceptors (Lipinski definition) is 5. The minimum Gasteiger partial charge on any atom is -0.493 e. The number of aromatic nitrogens is 1. The first-order valence-electron chi connectivity index (χ1n) is 8.22. The van der Waals surface area contributed by atoms with Crippen molar-refractivity contribution in [3.63, 3.8) is 0 Å². The Morgan fingerprint density at radius 2 is 2.00 bits per heavy atom. The number of thioether (sulfide) groups is 1. The number of carboxylic acids is 1. The van der Waals surface area contributed by atoms with Gasteiger partial charge in [-0.15, -0.1) is 11.8 Å². The molecule has 26 heavy (non-hydrogen) atoms. The molecule has 5 nitrogen and oxygen atoms in total. The van der Waals surface area contributed by atoms with E-state index >= 15 is 0 Å². The maximum Gasteiger partial charge on any atom is 0.313 e. The van der Waals surface area contributed by atoms with Crippen LogP contribution in [0.5, 0.6) is 5.75 Å². The van der Waals surface area contributed by atoms with Gasteiger partial charge in [0.1, 0.15) is 12.0 Å². The first kappa shape index (κ1) is 18.1. The minimum absolute atomic E-state index is 0.0982. The quantitative estimate of drug-likeness (QED) is 0.607. The summed E-state index contributed by atoms with van der Waals surface area (Å²) in [4.78, 5) is 15.0. The van der Waals surface area contributed by atoms with Crippen molar-refractivity contribution in [2.45, 2.75) is 12.2 Å². The van der Waals surface area contributed by atoms with Gasteiger partial charge in [-0.05, 0) is 29.8 Å². The molecule has 0 atom stereocenters. The Hall–Kier alpha value is -2.73. The molecule has 0 spiro atoms. The highest BCUT2D eigenvalue weighted by molar-refractivity contribution is 7.99. The van der Waals surface area contributed by atoms with Crippen LogP contribution in [0.15, 0.2) is 65.3 Å². The van der Waals surface area contributed by atoms with E-state index in [1.165, 1.54) is 11.8 Å². The number of carbonyl (C=O) groups is 1. The van der Waals surface area contributed by atoms with E-state index in [0.29, 0.717) is 24.7 Å². The van der Waals surface area contributed by atoms with Gasteiger partial charge in [0.2, 0.25) is 5.89 Å². The van der Waals surface area contributed by atoms with Gasteiger partial charge in [-0.2, -0.15) is 0 Å². The van der Waals surface area contributed by atoms with E-state index in [-0.39, 0.29) is 5.75 Å². The Bertz CT molecular complexity index is 848. The standard InChI is InChI=1S/C20H19NO4S/c22-19(23)14-26-13-15-5-4-8-18(11-15)24-10-9-17-12-25-20(21-17)16-6-2-1-3-7-16/h1-8,11-12H,9-10,13-14H2,(H,22,23). The fourth-order valence-electron chi connectivity index (χ4n) is 2.39. The molecule has 0 fully saturated rings. The number of aliphatic carboxylic acids is 1. The third kappa shape index (κ3) is 5.39.